The Balaban J connectivity index is 1.74. The van der Waals surface area contributed by atoms with Crippen LogP contribution in [0.15, 0.2) is 48.5 Å². The fraction of sp³-hybridized carbons (Fsp3) is 0.263. The number of benzene rings is 2. The van der Waals surface area contributed by atoms with Crippen molar-refractivity contribution in [3.05, 3.63) is 54.1 Å². The minimum Gasteiger partial charge on any atom is -0.496 e. The Morgan fingerprint density at radius 3 is 2.44 bits per heavy atom. The zero-order chi connectivity index (χ0) is 19.6. The SMILES string of the molecule is COc1ccccc1CCC(=O)OCC(=O)Nc1ccc(OC(F)F)cc1. The number of anilines is 1. The maximum atomic E-state index is 12.1. The average molecular weight is 379 g/mol. The summed E-state index contributed by atoms with van der Waals surface area (Å²) < 4.78 is 38.5. The summed E-state index contributed by atoms with van der Waals surface area (Å²) in [5.41, 5.74) is 1.24. The number of esters is 1. The van der Waals surface area contributed by atoms with E-state index < -0.39 is 25.1 Å². The van der Waals surface area contributed by atoms with Crippen molar-refractivity contribution in [1.29, 1.82) is 0 Å². The maximum absolute atomic E-state index is 12.1. The Bertz CT molecular complexity index is 765. The molecule has 1 N–H and O–H groups in total. The highest BCUT2D eigenvalue weighted by molar-refractivity contribution is 5.92. The first-order valence-corrected chi connectivity index (χ1v) is 8.10. The number of carbonyl (C=O) groups excluding carboxylic acids is 2. The van der Waals surface area contributed by atoms with Crippen molar-refractivity contribution in [3.63, 3.8) is 0 Å². The highest BCUT2D eigenvalue weighted by Crippen LogP contribution is 2.19. The van der Waals surface area contributed by atoms with Crippen molar-refractivity contribution in [1.82, 2.24) is 0 Å². The van der Waals surface area contributed by atoms with Gasteiger partial charge < -0.3 is 19.5 Å². The maximum Gasteiger partial charge on any atom is 0.387 e. The molecule has 1 amide bonds. The van der Waals surface area contributed by atoms with Crippen molar-refractivity contribution in [2.75, 3.05) is 19.0 Å². The highest BCUT2D eigenvalue weighted by Gasteiger charge is 2.10. The number of hydrogen-bond donors (Lipinski definition) is 1. The van der Waals surface area contributed by atoms with Crippen LogP contribution < -0.4 is 14.8 Å². The summed E-state index contributed by atoms with van der Waals surface area (Å²) in [4.78, 5) is 23.6. The quantitative estimate of drug-likeness (QED) is 0.676. The van der Waals surface area contributed by atoms with Gasteiger partial charge in [-0.15, -0.1) is 0 Å². The van der Waals surface area contributed by atoms with Crippen molar-refractivity contribution >= 4 is 17.6 Å². The van der Waals surface area contributed by atoms with Crippen LogP contribution in [0.2, 0.25) is 0 Å². The number of nitrogens with one attached hydrogen (secondary N) is 1. The van der Waals surface area contributed by atoms with E-state index in [2.05, 4.69) is 10.1 Å². The molecule has 0 spiro atoms. The molecular formula is C19H19F2NO5. The van der Waals surface area contributed by atoms with Crippen molar-refractivity contribution in [2.45, 2.75) is 19.5 Å². The second-order valence-corrected chi connectivity index (χ2v) is 5.42. The van der Waals surface area contributed by atoms with Crippen molar-refractivity contribution in [3.8, 4) is 11.5 Å². The molecule has 0 aliphatic heterocycles. The molecule has 0 aliphatic rings. The number of methoxy groups -OCH3 is 1. The summed E-state index contributed by atoms with van der Waals surface area (Å²) in [7, 11) is 1.55. The fourth-order valence-corrected chi connectivity index (χ4v) is 2.28. The first-order chi connectivity index (χ1) is 13.0. The lowest BCUT2D eigenvalue weighted by molar-refractivity contribution is -0.147. The van der Waals surface area contributed by atoms with Crippen LogP contribution in [0.4, 0.5) is 14.5 Å². The van der Waals surface area contributed by atoms with Crippen LogP contribution in [0.25, 0.3) is 0 Å². The number of halogens is 2. The Hall–Kier alpha value is -3.16. The molecule has 0 atom stereocenters. The molecule has 0 unspecified atom stereocenters. The molecular weight excluding hydrogens is 360 g/mol. The number of hydrogen-bond acceptors (Lipinski definition) is 5. The molecule has 0 saturated carbocycles. The molecule has 0 aromatic heterocycles. The lowest BCUT2D eigenvalue weighted by Crippen LogP contribution is -2.21. The van der Waals surface area contributed by atoms with E-state index in [4.69, 9.17) is 9.47 Å². The molecule has 0 bridgehead atoms. The molecule has 27 heavy (non-hydrogen) atoms. The van der Waals surface area contributed by atoms with Gasteiger partial charge >= 0.3 is 12.6 Å². The van der Waals surface area contributed by atoms with Crippen LogP contribution in [-0.4, -0.2) is 32.2 Å². The van der Waals surface area contributed by atoms with Gasteiger partial charge in [0.05, 0.1) is 7.11 Å². The van der Waals surface area contributed by atoms with Crippen LogP contribution in [0.5, 0.6) is 11.5 Å². The Morgan fingerprint density at radius 2 is 1.78 bits per heavy atom. The van der Waals surface area contributed by atoms with Gasteiger partial charge in [0.25, 0.3) is 5.91 Å². The topological polar surface area (TPSA) is 73.9 Å². The van der Waals surface area contributed by atoms with Crippen LogP contribution in [0.3, 0.4) is 0 Å². The second kappa shape index (κ2) is 10.1. The van der Waals surface area contributed by atoms with E-state index >= 15 is 0 Å². The summed E-state index contributed by atoms with van der Waals surface area (Å²) in [5.74, 6) is -0.395. The lowest BCUT2D eigenvalue weighted by Gasteiger charge is -2.09. The van der Waals surface area contributed by atoms with Gasteiger partial charge in [-0.1, -0.05) is 18.2 Å². The van der Waals surface area contributed by atoms with Gasteiger partial charge in [-0.05, 0) is 42.3 Å². The number of carbonyl (C=O) groups is 2. The first-order valence-electron chi connectivity index (χ1n) is 8.10. The molecule has 0 heterocycles. The van der Waals surface area contributed by atoms with E-state index in [-0.39, 0.29) is 12.2 Å². The number of amides is 1. The minimum absolute atomic E-state index is 0.0224. The first kappa shape index (κ1) is 20.2. The third kappa shape index (κ3) is 6.93. The zero-order valence-electron chi connectivity index (χ0n) is 14.6. The predicted molar refractivity (Wildman–Crippen MR) is 94.0 cm³/mol. The summed E-state index contributed by atoms with van der Waals surface area (Å²) in [6, 6.07) is 12.7. The Kier molecular flexibility index (Phi) is 7.54. The molecule has 2 rings (SSSR count). The Labute approximate surface area is 155 Å². The summed E-state index contributed by atoms with van der Waals surface area (Å²) in [6.07, 6.45) is 0.531. The van der Waals surface area contributed by atoms with E-state index in [0.29, 0.717) is 17.9 Å². The summed E-state index contributed by atoms with van der Waals surface area (Å²) in [6.45, 7) is -3.36. The third-order valence-electron chi connectivity index (χ3n) is 3.52. The molecule has 2 aromatic rings. The smallest absolute Gasteiger partial charge is 0.387 e. The molecule has 8 heteroatoms. The van der Waals surface area contributed by atoms with Gasteiger partial charge in [0.15, 0.2) is 6.61 Å². The van der Waals surface area contributed by atoms with Crippen LogP contribution in [0, 0.1) is 0 Å². The molecule has 144 valence electrons. The second-order valence-electron chi connectivity index (χ2n) is 5.42. The van der Waals surface area contributed by atoms with E-state index in [1.165, 1.54) is 24.3 Å². The van der Waals surface area contributed by atoms with Gasteiger partial charge in [0.1, 0.15) is 11.5 Å². The predicted octanol–water partition coefficient (Wildman–Crippen LogP) is 3.41. The van der Waals surface area contributed by atoms with Gasteiger partial charge in [-0.3, -0.25) is 9.59 Å². The zero-order valence-corrected chi connectivity index (χ0v) is 14.6. The number of ether oxygens (including phenoxy) is 3. The summed E-state index contributed by atoms with van der Waals surface area (Å²) in [5, 5.41) is 2.49. The van der Waals surface area contributed by atoms with Gasteiger partial charge in [-0.2, -0.15) is 8.78 Å². The molecule has 0 saturated heterocycles. The number of rotatable bonds is 9. The molecule has 2 aromatic carbocycles. The standard InChI is InChI=1S/C19H19F2NO5/c1-25-16-5-3-2-4-13(16)6-11-18(24)26-12-17(23)22-14-7-9-15(10-8-14)27-19(20)21/h2-5,7-10,19H,6,11-12H2,1H3,(H,22,23). The van der Waals surface area contributed by atoms with Crippen molar-refractivity contribution < 1.29 is 32.6 Å². The van der Waals surface area contributed by atoms with E-state index in [1.807, 2.05) is 18.2 Å². The number of alkyl halides is 2. The minimum atomic E-state index is -2.92. The van der Waals surface area contributed by atoms with E-state index in [0.717, 1.165) is 5.56 Å². The largest absolute Gasteiger partial charge is 0.496 e. The molecule has 6 nitrogen and oxygen atoms in total. The monoisotopic (exact) mass is 379 g/mol. The van der Waals surface area contributed by atoms with E-state index in [1.54, 1.807) is 13.2 Å². The highest BCUT2D eigenvalue weighted by atomic mass is 19.3. The van der Waals surface area contributed by atoms with Crippen molar-refractivity contribution in [2.24, 2.45) is 0 Å². The van der Waals surface area contributed by atoms with Crippen LogP contribution in [-0.2, 0) is 20.7 Å². The molecule has 0 radical (unpaired) electrons. The summed E-state index contributed by atoms with van der Waals surface area (Å²) >= 11 is 0. The molecule has 0 fully saturated rings. The fourth-order valence-electron chi connectivity index (χ4n) is 2.28. The van der Waals surface area contributed by atoms with E-state index in [9.17, 15) is 18.4 Å². The van der Waals surface area contributed by atoms with Crippen LogP contribution >= 0.6 is 0 Å². The Morgan fingerprint density at radius 1 is 1.07 bits per heavy atom. The number of para-hydroxylation sites is 1. The lowest BCUT2D eigenvalue weighted by atomic mass is 10.1. The van der Waals surface area contributed by atoms with Crippen LogP contribution in [0.1, 0.15) is 12.0 Å². The number of aryl methyl sites for hydroxylation is 1. The normalized spacial score (nSPS) is 10.4. The molecule has 0 aliphatic carbocycles. The third-order valence-corrected chi connectivity index (χ3v) is 3.52. The van der Waals surface area contributed by atoms with Gasteiger partial charge in [0.2, 0.25) is 0 Å². The van der Waals surface area contributed by atoms with Gasteiger partial charge in [0, 0.05) is 12.1 Å². The van der Waals surface area contributed by atoms with Gasteiger partial charge in [-0.25, -0.2) is 0 Å². The average Bonchev–Trinajstić information content (AvgIpc) is 2.66.